The Morgan fingerprint density at radius 3 is 2.36 bits per heavy atom. The fourth-order valence-corrected chi connectivity index (χ4v) is 3.25. The van der Waals surface area contributed by atoms with Gasteiger partial charge in [-0.3, -0.25) is 5.14 Å². The smallest absolute Gasteiger partial charge is 0.186 e. The molecule has 7 N–H and O–H groups in total. The summed E-state index contributed by atoms with van der Waals surface area (Å²) in [7, 11) is 4.26. The third kappa shape index (κ3) is 9.74. The molecule has 0 radical (unpaired) electrons. The predicted molar refractivity (Wildman–Crippen MR) is 109 cm³/mol. The maximum Gasteiger partial charge on any atom is 0.186 e. The van der Waals surface area contributed by atoms with Crippen molar-refractivity contribution in [2.24, 2.45) is 5.14 Å². The van der Waals surface area contributed by atoms with Crippen LogP contribution in [0, 0.1) is 0 Å². The molecule has 0 fully saturated rings. The van der Waals surface area contributed by atoms with Crippen molar-refractivity contribution in [3.63, 3.8) is 0 Å². The number of nitrogens with two attached hydrogens (primary N) is 3. The van der Waals surface area contributed by atoms with Crippen LogP contribution in [0.1, 0.15) is 12.8 Å². The molecular weight excluding hydrogens is 352 g/mol. The number of hydrogen-bond donors (Lipinski definition) is 4. The highest BCUT2D eigenvalue weighted by Gasteiger charge is 2.02. The quantitative estimate of drug-likeness (QED) is 0.185. The Labute approximate surface area is 159 Å². The second-order valence-corrected chi connectivity index (χ2v) is 7.59. The highest BCUT2D eigenvalue weighted by atomic mass is 32.2. The van der Waals surface area contributed by atoms with E-state index < -0.39 is 0 Å². The zero-order valence-corrected chi connectivity index (χ0v) is 16.5. The molecule has 0 aliphatic rings. The van der Waals surface area contributed by atoms with Crippen molar-refractivity contribution in [1.29, 1.82) is 0 Å². The number of quaternary nitrogens is 1. The summed E-state index contributed by atoms with van der Waals surface area (Å²) < 4.78 is 0. The topological polar surface area (TPSA) is 92.1 Å². The molecule has 0 aromatic heterocycles. The molecule has 25 heavy (non-hydrogen) atoms. The first-order chi connectivity index (χ1) is 12.1. The zero-order valence-electron chi connectivity index (χ0n) is 14.9. The number of thioether (sulfide) groups is 1. The third-order valence-electron chi connectivity index (χ3n) is 3.35. The van der Waals surface area contributed by atoms with Gasteiger partial charge < -0.3 is 10.6 Å². The average molecular weight is 382 g/mol. The first-order valence-electron chi connectivity index (χ1n) is 8.13. The van der Waals surface area contributed by atoms with Crippen LogP contribution in [0.4, 0.5) is 11.4 Å². The lowest BCUT2D eigenvalue weighted by molar-refractivity contribution is -0.825. The molecule has 0 aliphatic carbocycles. The van der Waals surface area contributed by atoms with Crippen LogP contribution in [0.3, 0.4) is 0 Å². The Balaban J connectivity index is 0.000000257. The Hall–Kier alpha value is -1.22. The Kier molecular flexibility index (Phi) is 11.4. The van der Waals surface area contributed by atoms with Crippen LogP contribution in [0.15, 0.2) is 58.3 Å². The van der Waals surface area contributed by atoms with Crippen molar-refractivity contribution in [1.82, 2.24) is 4.90 Å². The monoisotopic (exact) mass is 381 g/mol. The van der Waals surface area contributed by atoms with E-state index in [-0.39, 0.29) is 0 Å². The van der Waals surface area contributed by atoms with Gasteiger partial charge in [0.05, 0.1) is 5.69 Å². The molecule has 0 unspecified atom stereocenters. The van der Waals surface area contributed by atoms with E-state index in [0.717, 1.165) is 22.3 Å². The standard InChI is InChI=1S/C12H19NS.C6H9N3OS/c1-13(2)10-6-7-11-14-12-8-4-3-5-9-12;7-5-2-1-4(11-8)3-6(5)9-10/h3-5,8-9H,6-7,10-11H2,1-2H3;1-3,9-10H,7-8H2/p+1. The molecule has 2 aromatic carbocycles. The molecule has 0 aliphatic heterocycles. The summed E-state index contributed by atoms with van der Waals surface area (Å²) in [5, 5.41) is 14.0. The van der Waals surface area contributed by atoms with E-state index in [0.29, 0.717) is 11.4 Å². The molecular formula is C18H29N4OS2+. The Morgan fingerprint density at radius 1 is 1.04 bits per heavy atom. The van der Waals surface area contributed by atoms with E-state index in [4.69, 9.17) is 16.1 Å². The number of benzene rings is 2. The number of unbranched alkanes of at least 4 members (excludes halogenated alkanes) is 1. The molecule has 2 rings (SSSR count). The first kappa shape index (κ1) is 21.8. The van der Waals surface area contributed by atoms with Crippen LogP contribution in [-0.4, -0.2) is 36.5 Å². The van der Waals surface area contributed by atoms with Gasteiger partial charge in [0.25, 0.3) is 0 Å². The van der Waals surface area contributed by atoms with Gasteiger partial charge in [-0.25, -0.2) is 5.21 Å². The first-order valence-corrected chi connectivity index (χ1v) is 9.99. The molecule has 7 heteroatoms. The van der Waals surface area contributed by atoms with Crippen LogP contribution in [0.25, 0.3) is 0 Å². The largest absolute Gasteiger partial charge is 0.394 e. The second kappa shape index (κ2) is 13.0. The number of anilines is 1. The van der Waals surface area contributed by atoms with E-state index in [9.17, 15) is 0 Å². The van der Waals surface area contributed by atoms with Crippen LogP contribution in [0.5, 0.6) is 0 Å². The number of nitrogens with zero attached hydrogens (tertiary/aromatic N) is 1. The lowest BCUT2D eigenvalue weighted by Gasteiger charge is -2.08. The van der Waals surface area contributed by atoms with Crippen LogP contribution in [-0.2, 0) is 0 Å². The van der Waals surface area contributed by atoms with E-state index in [1.165, 1.54) is 30.0 Å². The minimum Gasteiger partial charge on any atom is -0.394 e. The highest BCUT2D eigenvalue weighted by Crippen LogP contribution is 2.20. The SMILES string of the molecule is CN(C)CCCCSc1ccccc1.NSc1ccc(N)c([NH2+]O)c1. The van der Waals surface area contributed by atoms with Gasteiger partial charge in [-0.05, 0) is 75.4 Å². The predicted octanol–water partition coefficient (Wildman–Crippen LogP) is 2.94. The molecule has 138 valence electrons. The molecule has 0 amide bonds. The Morgan fingerprint density at radius 2 is 1.76 bits per heavy atom. The summed E-state index contributed by atoms with van der Waals surface area (Å²) in [4.78, 5) is 4.50. The molecule has 0 bridgehead atoms. The molecule has 0 saturated carbocycles. The summed E-state index contributed by atoms with van der Waals surface area (Å²) in [6.07, 6.45) is 2.60. The lowest BCUT2D eigenvalue weighted by atomic mass is 10.3. The van der Waals surface area contributed by atoms with E-state index in [1.54, 1.807) is 18.2 Å². The summed E-state index contributed by atoms with van der Waals surface area (Å²) in [6, 6.07) is 15.8. The van der Waals surface area contributed by atoms with Gasteiger partial charge in [-0.15, -0.1) is 11.8 Å². The van der Waals surface area contributed by atoms with Crippen molar-refractivity contribution >= 4 is 35.1 Å². The van der Waals surface area contributed by atoms with Gasteiger partial charge in [0.1, 0.15) is 0 Å². The van der Waals surface area contributed by atoms with Crippen molar-refractivity contribution in [2.75, 3.05) is 32.1 Å². The number of nitrogen functional groups attached to an aromatic ring is 1. The van der Waals surface area contributed by atoms with E-state index in [2.05, 4.69) is 49.3 Å². The van der Waals surface area contributed by atoms with Gasteiger partial charge in [0.15, 0.2) is 5.69 Å². The van der Waals surface area contributed by atoms with Gasteiger partial charge in [0, 0.05) is 15.9 Å². The average Bonchev–Trinajstić information content (AvgIpc) is 2.63. The maximum atomic E-state index is 8.68. The van der Waals surface area contributed by atoms with Crippen molar-refractivity contribution in [2.45, 2.75) is 22.6 Å². The van der Waals surface area contributed by atoms with Gasteiger partial charge >= 0.3 is 0 Å². The highest BCUT2D eigenvalue weighted by molar-refractivity contribution is 7.99. The van der Waals surface area contributed by atoms with Crippen LogP contribution in [0.2, 0.25) is 0 Å². The van der Waals surface area contributed by atoms with Gasteiger partial charge in [-0.1, -0.05) is 18.2 Å². The fourth-order valence-electron chi connectivity index (χ4n) is 1.97. The number of hydrogen-bond acceptors (Lipinski definition) is 6. The summed E-state index contributed by atoms with van der Waals surface area (Å²) >= 11 is 3.07. The van der Waals surface area contributed by atoms with Crippen molar-refractivity contribution in [3.8, 4) is 0 Å². The molecule has 0 atom stereocenters. The molecule has 2 aromatic rings. The minimum atomic E-state index is 0.547. The Bertz CT molecular complexity index is 597. The molecule has 5 nitrogen and oxygen atoms in total. The zero-order chi connectivity index (χ0) is 18.5. The van der Waals surface area contributed by atoms with E-state index in [1.807, 2.05) is 11.8 Å². The summed E-state index contributed by atoms with van der Waals surface area (Å²) in [5.41, 5.74) is 7.62. The lowest BCUT2D eigenvalue weighted by Crippen LogP contribution is -2.74. The molecule has 0 heterocycles. The molecule has 0 saturated heterocycles. The van der Waals surface area contributed by atoms with Crippen molar-refractivity contribution in [3.05, 3.63) is 48.5 Å². The third-order valence-corrected chi connectivity index (χ3v) is 4.97. The van der Waals surface area contributed by atoms with Crippen molar-refractivity contribution < 1.29 is 10.7 Å². The normalized spacial score (nSPS) is 10.4. The number of rotatable bonds is 8. The fraction of sp³-hybridized carbons (Fsp3) is 0.333. The molecule has 0 spiro atoms. The maximum absolute atomic E-state index is 8.68. The van der Waals surface area contributed by atoms with Crippen LogP contribution < -0.4 is 16.4 Å². The van der Waals surface area contributed by atoms with Crippen LogP contribution >= 0.6 is 23.7 Å². The second-order valence-electron chi connectivity index (χ2n) is 5.71. The van der Waals surface area contributed by atoms with Gasteiger partial charge in [-0.2, -0.15) is 5.48 Å². The van der Waals surface area contributed by atoms with E-state index >= 15 is 0 Å². The van der Waals surface area contributed by atoms with Gasteiger partial charge in [0.2, 0.25) is 0 Å². The summed E-state index contributed by atoms with van der Waals surface area (Å²) in [6.45, 7) is 1.20. The summed E-state index contributed by atoms with van der Waals surface area (Å²) in [5.74, 6) is 1.23. The minimum absolute atomic E-state index is 0.547.